The van der Waals surface area contributed by atoms with Crippen LogP contribution in [-0.4, -0.2) is 65.3 Å². The maximum atomic E-state index is 12.1. The van der Waals surface area contributed by atoms with Crippen LogP contribution >= 0.6 is 0 Å². The number of carbonyl (C=O) groups is 1. The lowest BCUT2D eigenvalue weighted by molar-refractivity contribution is -1.05. The van der Waals surface area contributed by atoms with Crippen molar-refractivity contribution < 1.29 is 28.6 Å². The van der Waals surface area contributed by atoms with Crippen molar-refractivity contribution in [2.75, 3.05) is 19.1 Å². The molecule has 6 heterocycles. The molecule has 0 amide bonds. The molecule has 4 saturated heterocycles. The summed E-state index contributed by atoms with van der Waals surface area (Å²) in [7, 11) is 3.51. The minimum Gasteiger partial charge on any atom is -0.463 e. The van der Waals surface area contributed by atoms with Crippen LogP contribution in [0.5, 0.6) is 0 Å². The summed E-state index contributed by atoms with van der Waals surface area (Å²) < 4.78 is 11.3. The fraction of sp³-hybridized carbons (Fsp3) is 0.593. The van der Waals surface area contributed by atoms with E-state index in [0.29, 0.717) is 22.7 Å². The molecule has 0 radical (unpaired) electrons. The van der Waals surface area contributed by atoms with Gasteiger partial charge < -0.3 is 24.3 Å². The number of likely N-dealkylation sites (N-methyl/N-ethyl adjacent to an activating group) is 1. The third-order valence-corrected chi connectivity index (χ3v) is 10.6. The van der Waals surface area contributed by atoms with Gasteiger partial charge in [-0.1, -0.05) is 25.1 Å². The number of para-hydroxylation sites is 1. The van der Waals surface area contributed by atoms with Crippen LogP contribution in [0.25, 0.3) is 0 Å². The molecule has 7 nitrogen and oxygen atoms in total. The predicted octanol–water partition coefficient (Wildman–Crippen LogP) is 2.65. The zero-order valence-electron chi connectivity index (χ0n) is 19.9. The molecule has 5 bridgehead atoms. The van der Waals surface area contributed by atoms with E-state index < -0.39 is 18.3 Å². The molecule has 5 fully saturated rings. The molecule has 7 heteroatoms. The number of rotatable bonds is 4. The number of fused-ring (bicyclic) bond motifs is 2. The third-order valence-electron chi connectivity index (χ3n) is 10.6. The van der Waals surface area contributed by atoms with Crippen molar-refractivity contribution in [1.29, 1.82) is 0 Å². The maximum Gasteiger partial charge on any atom is 0.373 e. The molecule has 8 rings (SSSR count). The summed E-state index contributed by atoms with van der Waals surface area (Å²) in [5.74, 6) is 1.04. The predicted molar refractivity (Wildman–Crippen MR) is 124 cm³/mol. The molecule has 1 spiro atoms. The summed E-state index contributed by atoms with van der Waals surface area (Å²) in [6.45, 7) is 2.69. The van der Waals surface area contributed by atoms with Crippen LogP contribution < -0.4 is 4.90 Å². The van der Waals surface area contributed by atoms with Crippen LogP contribution in [0.15, 0.2) is 40.8 Å². The van der Waals surface area contributed by atoms with Crippen molar-refractivity contribution in [3.05, 3.63) is 53.5 Å². The van der Waals surface area contributed by atoms with E-state index in [-0.39, 0.29) is 41.1 Å². The Bertz CT molecular complexity index is 1180. The van der Waals surface area contributed by atoms with Crippen molar-refractivity contribution >= 4 is 11.7 Å². The Morgan fingerprint density at radius 1 is 1.24 bits per heavy atom. The van der Waals surface area contributed by atoms with Gasteiger partial charge in [-0.05, 0) is 36.1 Å². The Balaban J connectivity index is 1.41. The second-order valence-electron chi connectivity index (χ2n) is 11.3. The highest BCUT2D eigenvalue weighted by Crippen LogP contribution is 2.71. The van der Waals surface area contributed by atoms with E-state index in [2.05, 4.69) is 43.1 Å². The van der Waals surface area contributed by atoms with Crippen LogP contribution in [0, 0.1) is 17.8 Å². The van der Waals surface area contributed by atoms with E-state index in [0.717, 1.165) is 19.3 Å². The number of methoxy groups -OCH3 is 1. The summed E-state index contributed by atoms with van der Waals surface area (Å²) in [5.41, 5.74) is 2.20. The van der Waals surface area contributed by atoms with E-state index in [1.807, 2.05) is 6.07 Å². The number of benzene rings is 1. The van der Waals surface area contributed by atoms with Crippen LogP contribution in [0.3, 0.4) is 0 Å². The molecule has 1 aromatic carbocycles. The van der Waals surface area contributed by atoms with Gasteiger partial charge in [0.2, 0.25) is 5.76 Å². The van der Waals surface area contributed by atoms with Crippen molar-refractivity contribution in [1.82, 2.24) is 0 Å². The SMILES string of the molecule is CC[C@H]1[C@H]2C[C@@H]3[C@H]4N(C)c5ccccc5[C@]45C[C@@H]([C@@H]2[C@@H]5O)[N+]3(Cc2ccc(C(=O)OC)o2)[C@@H]1O. The van der Waals surface area contributed by atoms with Crippen LogP contribution in [0.1, 0.15) is 48.1 Å². The van der Waals surface area contributed by atoms with Crippen molar-refractivity contribution in [2.45, 2.75) is 68.6 Å². The molecule has 10 atom stereocenters. The normalized spacial score (nSPS) is 44.9. The Morgan fingerprint density at radius 2 is 2.03 bits per heavy atom. The standard InChI is InChI=1S/C27H33N2O5/c1-4-15-16-11-19-23-27(17-7-5-6-8-18(17)28(23)2)12-20(22(16)24(27)30)29(19,25(15)31)13-14-9-10-21(34-14)26(32)33-3/h5-10,15-16,19-20,22-25,30-31H,4,11-13H2,1-3H3/q+1/t15-,16+,19+,20-,22+,23+,24-,25+,27+,29?/m0/s1. The number of ether oxygens (including phenoxy) is 1. The number of hydrogen-bond acceptors (Lipinski definition) is 6. The number of aliphatic hydroxyl groups is 2. The Morgan fingerprint density at radius 3 is 2.79 bits per heavy atom. The minimum atomic E-state index is -0.512. The number of esters is 1. The summed E-state index contributed by atoms with van der Waals surface area (Å²) in [4.78, 5) is 14.4. The molecule has 2 aromatic rings. The van der Waals surface area contributed by atoms with Crippen molar-refractivity contribution in [2.24, 2.45) is 17.8 Å². The number of carbonyl (C=O) groups excluding carboxylic acids is 1. The highest BCUT2D eigenvalue weighted by atomic mass is 16.5. The highest BCUT2D eigenvalue weighted by molar-refractivity contribution is 5.86. The van der Waals surface area contributed by atoms with E-state index in [4.69, 9.17) is 9.15 Å². The fourth-order valence-electron chi connectivity index (χ4n) is 9.65. The zero-order chi connectivity index (χ0) is 23.6. The van der Waals surface area contributed by atoms with E-state index in [1.54, 1.807) is 6.07 Å². The quantitative estimate of drug-likeness (QED) is 0.534. The summed E-state index contributed by atoms with van der Waals surface area (Å²) in [5, 5.41) is 24.1. The van der Waals surface area contributed by atoms with Gasteiger partial charge in [-0.3, -0.25) is 4.48 Å². The van der Waals surface area contributed by atoms with Crippen LogP contribution in [0.2, 0.25) is 0 Å². The first kappa shape index (κ1) is 21.0. The van der Waals surface area contributed by atoms with E-state index >= 15 is 0 Å². The smallest absolute Gasteiger partial charge is 0.373 e. The van der Waals surface area contributed by atoms with Gasteiger partial charge in [0.25, 0.3) is 0 Å². The molecule has 5 aliphatic heterocycles. The average molecular weight is 466 g/mol. The van der Waals surface area contributed by atoms with E-state index in [9.17, 15) is 15.0 Å². The summed E-state index contributed by atoms with van der Waals surface area (Å²) >= 11 is 0. The first-order valence-electron chi connectivity index (χ1n) is 12.6. The summed E-state index contributed by atoms with van der Waals surface area (Å²) in [6, 6.07) is 12.6. The first-order valence-corrected chi connectivity index (χ1v) is 12.6. The molecule has 6 aliphatic rings. The number of anilines is 1. The number of hydrogen-bond donors (Lipinski definition) is 2. The minimum absolute atomic E-state index is 0.119. The first-order chi connectivity index (χ1) is 16.4. The van der Waals surface area contributed by atoms with Crippen molar-refractivity contribution in [3.63, 3.8) is 0 Å². The number of aliphatic hydroxyl groups excluding tert-OH is 2. The Kier molecular flexibility index (Phi) is 4.10. The van der Waals surface area contributed by atoms with Crippen LogP contribution in [0.4, 0.5) is 5.69 Å². The monoisotopic (exact) mass is 465 g/mol. The molecule has 1 aliphatic carbocycles. The lowest BCUT2D eigenvalue weighted by Gasteiger charge is -2.67. The molecule has 180 valence electrons. The largest absolute Gasteiger partial charge is 0.463 e. The average Bonchev–Trinajstić information content (AvgIpc) is 3.47. The molecule has 1 aromatic heterocycles. The Hall–Kier alpha value is -2.35. The third kappa shape index (κ3) is 2.10. The van der Waals surface area contributed by atoms with E-state index in [1.165, 1.54) is 18.4 Å². The number of nitrogens with zero attached hydrogens (tertiary/aromatic N) is 2. The van der Waals surface area contributed by atoms with Gasteiger partial charge in [-0.15, -0.1) is 0 Å². The van der Waals surface area contributed by atoms with Gasteiger partial charge in [0.05, 0.1) is 30.7 Å². The molecule has 1 saturated carbocycles. The molecular weight excluding hydrogens is 432 g/mol. The summed E-state index contributed by atoms with van der Waals surface area (Å²) in [6.07, 6.45) is 1.83. The highest BCUT2D eigenvalue weighted by Gasteiger charge is 2.83. The van der Waals surface area contributed by atoms with Gasteiger partial charge in [0, 0.05) is 37.4 Å². The number of piperidine rings is 4. The fourth-order valence-corrected chi connectivity index (χ4v) is 9.65. The maximum absolute atomic E-state index is 12.1. The molecule has 34 heavy (non-hydrogen) atoms. The zero-order valence-corrected chi connectivity index (χ0v) is 19.9. The van der Waals surface area contributed by atoms with Gasteiger partial charge in [-0.2, -0.15) is 0 Å². The van der Waals surface area contributed by atoms with Gasteiger partial charge in [-0.25, -0.2) is 4.79 Å². The van der Waals surface area contributed by atoms with Gasteiger partial charge in [0.15, 0.2) is 12.0 Å². The second kappa shape index (κ2) is 6.65. The molecule has 2 N–H and O–H groups in total. The topological polar surface area (TPSA) is 83.1 Å². The van der Waals surface area contributed by atoms with Gasteiger partial charge >= 0.3 is 5.97 Å². The number of furan rings is 1. The lowest BCUT2D eigenvalue weighted by Crippen LogP contribution is -2.82. The van der Waals surface area contributed by atoms with Crippen molar-refractivity contribution in [3.8, 4) is 0 Å². The Labute approximate surface area is 199 Å². The molecule has 1 unspecified atom stereocenters. The van der Waals surface area contributed by atoms with Gasteiger partial charge in [0.1, 0.15) is 12.6 Å². The number of quaternary nitrogens is 1. The van der Waals surface area contributed by atoms with Crippen LogP contribution in [-0.2, 0) is 16.7 Å². The second-order valence-corrected chi connectivity index (χ2v) is 11.3. The lowest BCUT2D eigenvalue weighted by atomic mass is 9.60. The molecular formula is C27H33N2O5+.